The lowest BCUT2D eigenvalue weighted by atomic mass is 10.1. The van der Waals surface area contributed by atoms with Crippen LogP contribution in [0.3, 0.4) is 0 Å². The van der Waals surface area contributed by atoms with Gasteiger partial charge in [0.15, 0.2) is 0 Å². The van der Waals surface area contributed by atoms with E-state index in [4.69, 9.17) is 5.11 Å². The summed E-state index contributed by atoms with van der Waals surface area (Å²) in [4.78, 5) is 28.8. The molecule has 25 heavy (non-hydrogen) atoms. The van der Waals surface area contributed by atoms with Crippen LogP contribution in [0.15, 0.2) is 47.1 Å². The summed E-state index contributed by atoms with van der Waals surface area (Å²) in [5, 5.41) is 16.5. The molecule has 0 bridgehead atoms. The molecule has 2 aromatic rings. The van der Waals surface area contributed by atoms with Crippen molar-refractivity contribution in [2.24, 2.45) is 0 Å². The number of benzene rings is 1. The number of pyridine rings is 1. The van der Waals surface area contributed by atoms with Gasteiger partial charge in [-0.15, -0.1) is 0 Å². The molecule has 0 unspecified atom stereocenters. The van der Waals surface area contributed by atoms with Crippen LogP contribution in [-0.2, 0) is 0 Å². The Morgan fingerprint density at radius 3 is 2.56 bits per heavy atom. The lowest BCUT2D eigenvalue weighted by molar-refractivity contribution is 0.187. The summed E-state index contributed by atoms with van der Waals surface area (Å²) >= 11 is 3.34. The zero-order valence-electron chi connectivity index (χ0n) is 13.1. The molecule has 0 saturated carbocycles. The van der Waals surface area contributed by atoms with Crippen molar-refractivity contribution in [1.29, 1.82) is 0 Å². The Morgan fingerprint density at radius 2 is 1.88 bits per heavy atom. The average Bonchev–Trinajstić information content (AvgIpc) is 2.52. The molecule has 0 spiro atoms. The van der Waals surface area contributed by atoms with Crippen molar-refractivity contribution < 1.29 is 14.7 Å². The maximum Gasteiger partial charge on any atom is 0.405 e. The number of hydrogen-bond donors (Lipinski definition) is 4. The number of nitrogens with one attached hydrogen (secondary N) is 3. The summed E-state index contributed by atoms with van der Waals surface area (Å²) in [7, 11) is 0. The third kappa shape index (κ3) is 4.60. The summed E-state index contributed by atoms with van der Waals surface area (Å²) in [6.45, 7) is 1.17. The molecule has 1 aromatic heterocycles. The Hall–Kier alpha value is -2.81. The van der Waals surface area contributed by atoms with Crippen LogP contribution in [-0.4, -0.2) is 41.3 Å². The number of rotatable bonds is 4. The molecule has 3 amide bonds. The smallest absolute Gasteiger partial charge is 0.405 e. The van der Waals surface area contributed by atoms with Gasteiger partial charge >= 0.3 is 12.1 Å². The fraction of sp³-hybridized carbons (Fsp3) is 0.188. The molecule has 4 N–H and O–H groups in total. The van der Waals surface area contributed by atoms with Crippen molar-refractivity contribution in [1.82, 2.24) is 10.3 Å². The number of aromatic nitrogens is 1. The van der Waals surface area contributed by atoms with E-state index in [-0.39, 0.29) is 12.1 Å². The van der Waals surface area contributed by atoms with Crippen LogP contribution >= 0.6 is 15.9 Å². The van der Waals surface area contributed by atoms with Crippen LogP contribution in [0, 0.1) is 0 Å². The predicted molar refractivity (Wildman–Crippen MR) is 98.2 cm³/mol. The second kappa shape index (κ2) is 7.39. The summed E-state index contributed by atoms with van der Waals surface area (Å²) in [6.07, 6.45) is 0.578. The highest BCUT2D eigenvalue weighted by molar-refractivity contribution is 9.10. The lowest BCUT2D eigenvalue weighted by Crippen LogP contribution is -2.59. The molecule has 0 atom stereocenters. The van der Waals surface area contributed by atoms with E-state index in [2.05, 4.69) is 36.9 Å². The summed E-state index contributed by atoms with van der Waals surface area (Å²) < 4.78 is 0.929. The van der Waals surface area contributed by atoms with Gasteiger partial charge in [-0.25, -0.2) is 14.6 Å². The fourth-order valence-corrected chi connectivity index (χ4v) is 2.72. The minimum atomic E-state index is -1.02. The Kier molecular flexibility index (Phi) is 5.03. The highest BCUT2D eigenvalue weighted by Crippen LogP contribution is 2.23. The standard InChI is InChI=1S/C16H16BrN5O3/c17-10-1-3-11(4-2-10)19-15(23)21-14-7-13(5-6-18-14)22-8-12(9-22)20-16(24)25/h1-7,12,20H,8-9H2,(H,24,25)(H2,18,19,21,23). The van der Waals surface area contributed by atoms with Gasteiger partial charge in [-0.1, -0.05) is 15.9 Å². The monoisotopic (exact) mass is 405 g/mol. The number of anilines is 3. The molecule has 1 aliphatic rings. The minimum absolute atomic E-state index is 0.0808. The molecule has 8 nitrogen and oxygen atoms in total. The molecule has 130 valence electrons. The number of hydrogen-bond acceptors (Lipinski definition) is 4. The first kappa shape index (κ1) is 17.0. The number of carbonyl (C=O) groups excluding carboxylic acids is 1. The van der Waals surface area contributed by atoms with Gasteiger partial charge in [-0.3, -0.25) is 5.32 Å². The normalized spacial score (nSPS) is 13.7. The average molecular weight is 406 g/mol. The van der Waals surface area contributed by atoms with Crippen LogP contribution in [0.1, 0.15) is 0 Å². The maximum absolute atomic E-state index is 12.0. The van der Waals surface area contributed by atoms with Gasteiger partial charge in [0, 0.05) is 41.2 Å². The zero-order chi connectivity index (χ0) is 17.8. The van der Waals surface area contributed by atoms with Gasteiger partial charge in [0.25, 0.3) is 0 Å². The molecule has 1 fully saturated rings. The quantitative estimate of drug-likeness (QED) is 0.625. The van der Waals surface area contributed by atoms with E-state index in [1.165, 1.54) is 0 Å². The van der Waals surface area contributed by atoms with Gasteiger partial charge in [-0.05, 0) is 30.3 Å². The SMILES string of the molecule is O=C(O)NC1CN(c2ccnc(NC(=O)Nc3ccc(Br)cc3)c2)C1. The summed E-state index contributed by atoms with van der Waals surface area (Å²) in [6, 6.07) is 10.3. The second-order valence-electron chi connectivity index (χ2n) is 5.54. The van der Waals surface area contributed by atoms with E-state index < -0.39 is 6.09 Å². The van der Waals surface area contributed by atoms with Crippen molar-refractivity contribution in [2.75, 3.05) is 28.6 Å². The molecule has 0 aliphatic carbocycles. The maximum atomic E-state index is 12.0. The first-order valence-corrected chi connectivity index (χ1v) is 8.33. The molecule has 2 heterocycles. The first-order valence-electron chi connectivity index (χ1n) is 7.53. The molecular formula is C16H16BrN5O3. The molecular weight excluding hydrogens is 390 g/mol. The Morgan fingerprint density at radius 1 is 1.16 bits per heavy atom. The Balaban J connectivity index is 1.56. The molecule has 1 aliphatic heterocycles. The van der Waals surface area contributed by atoms with Crippen molar-refractivity contribution in [3.63, 3.8) is 0 Å². The van der Waals surface area contributed by atoms with E-state index in [0.717, 1.165) is 10.2 Å². The zero-order valence-corrected chi connectivity index (χ0v) is 14.7. The molecule has 9 heteroatoms. The molecule has 1 saturated heterocycles. The summed E-state index contributed by atoms with van der Waals surface area (Å²) in [5.74, 6) is 0.418. The first-order chi connectivity index (χ1) is 12.0. The Bertz CT molecular complexity index is 778. The van der Waals surface area contributed by atoms with Gasteiger partial charge in [0.1, 0.15) is 5.82 Å². The Labute approximate surface area is 152 Å². The van der Waals surface area contributed by atoms with Crippen molar-refractivity contribution in [2.45, 2.75) is 6.04 Å². The predicted octanol–water partition coefficient (Wildman–Crippen LogP) is 2.94. The van der Waals surface area contributed by atoms with Gasteiger partial charge in [0.05, 0.1) is 6.04 Å². The highest BCUT2D eigenvalue weighted by atomic mass is 79.9. The number of carbonyl (C=O) groups is 2. The van der Waals surface area contributed by atoms with Crippen molar-refractivity contribution >= 4 is 45.2 Å². The molecule has 1 aromatic carbocycles. The number of nitrogens with zero attached hydrogens (tertiary/aromatic N) is 2. The van der Waals surface area contributed by atoms with E-state index in [9.17, 15) is 9.59 Å². The number of amides is 3. The fourth-order valence-electron chi connectivity index (χ4n) is 2.45. The van der Waals surface area contributed by atoms with Crippen LogP contribution in [0.5, 0.6) is 0 Å². The largest absolute Gasteiger partial charge is 0.465 e. The number of urea groups is 1. The topological polar surface area (TPSA) is 107 Å². The number of carboxylic acid groups (broad SMARTS) is 1. The minimum Gasteiger partial charge on any atom is -0.465 e. The van der Waals surface area contributed by atoms with Crippen LogP contribution < -0.4 is 20.9 Å². The summed E-state index contributed by atoms with van der Waals surface area (Å²) in [5.41, 5.74) is 1.54. The second-order valence-corrected chi connectivity index (χ2v) is 6.45. The van der Waals surface area contributed by atoms with Crippen LogP contribution in [0.2, 0.25) is 0 Å². The van der Waals surface area contributed by atoms with Crippen molar-refractivity contribution in [3.8, 4) is 0 Å². The third-order valence-corrected chi connectivity index (χ3v) is 4.19. The van der Waals surface area contributed by atoms with Crippen LogP contribution in [0.4, 0.5) is 26.8 Å². The van der Waals surface area contributed by atoms with E-state index in [0.29, 0.717) is 24.6 Å². The van der Waals surface area contributed by atoms with E-state index >= 15 is 0 Å². The third-order valence-electron chi connectivity index (χ3n) is 3.66. The van der Waals surface area contributed by atoms with E-state index in [1.807, 2.05) is 23.1 Å². The molecule has 0 radical (unpaired) electrons. The van der Waals surface area contributed by atoms with Gasteiger partial charge < -0.3 is 20.6 Å². The van der Waals surface area contributed by atoms with E-state index in [1.54, 1.807) is 24.4 Å². The molecule has 3 rings (SSSR count). The van der Waals surface area contributed by atoms with Gasteiger partial charge in [-0.2, -0.15) is 0 Å². The van der Waals surface area contributed by atoms with Crippen LogP contribution in [0.25, 0.3) is 0 Å². The number of halogens is 1. The van der Waals surface area contributed by atoms with Crippen molar-refractivity contribution in [3.05, 3.63) is 47.1 Å². The lowest BCUT2D eigenvalue weighted by Gasteiger charge is -2.40. The highest BCUT2D eigenvalue weighted by Gasteiger charge is 2.28. The van der Waals surface area contributed by atoms with Gasteiger partial charge in [0.2, 0.25) is 0 Å².